The summed E-state index contributed by atoms with van der Waals surface area (Å²) in [4.78, 5) is 2.07. The Balaban J connectivity index is 1.80. The Bertz CT molecular complexity index is 323. The van der Waals surface area contributed by atoms with Crippen LogP contribution in [0.1, 0.15) is 12.8 Å². The van der Waals surface area contributed by atoms with Gasteiger partial charge in [0.2, 0.25) is 0 Å². The van der Waals surface area contributed by atoms with E-state index in [1.807, 2.05) is 13.1 Å². The van der Waals surface area contributed by atoms with Crippen LogP contribution >= 0.6 is 0 Å². The molecule has 2 nitrogen and oxygen atoms in total. The lowest BCUT2D eigenvalue weighted by Crippen LogP contribution is -2.30. The molecule has 0 aromatic heterocycles. The van der Waals surface area contributed by atoms with Crippen molar-refractivity contribution >= 4 is 5.69 Å². The third-order valence-electron chi connectivity index (χ3n) is 2.71. The van der Waals surface area contributed by atoms with Gasteiger partial charge in [-0.25, -0.2) is 4.39 Å². The van der Waals surface area contributed by atoms with E-state index >= 15 is 0 Å². The van der Waals surface area contributed by atoms with Crippen molar-refractivity contribution in [3.8, 4) is 0 Å². The van der Waals surface area contributed by atoms with Gasteiger partial charge in [-0.15, -0.1) is 0 Å². The van der Waals surface area contributed by atoms with Crippen LogP contribution in [0, 0.1) is 5.82 Å². The van der Waals surface area contributed by atoms with E-state index in [-0.39, 0.29) is 5.82 Å². The highest BCUT2D eigenvalue weighted by atomic mass is 19.1. The first-order valence-corrected chi connectivity index (χ1v) is 5.46. The van der Waals surface area contributed by atoms with Gasteiger partial charge in [0.1, 0.15) is 5.82 Å². The number of hydrogen-bond donors (Lipinski definition) is 1. The number of rotatable bonds is 5. The van der Waals surface area contributed by atoms with Crippen molar-refractivity contribution in [2.45, 2.75) is 18.9 Å². The topological polar surface area (TPSA) is 15.3 Å². The van der Waals surface area contributed by atoms with Crippen LogP contribution < -0.4 is 10.2 Å². The predicted molar refractivity (Wildman–Crippen MR) is 60.7 cm³/mol. The monoisotopic (exact) mass is 208 g/mol. The molecule has 0 spiro atoms. The molecule has 1 aromatic rings. The smallest absolute Gasteiger partial charge is 0.125 e. The van der Waals surface area contributed by atoms with Gasteiger partial charge < -0.3 is 10.2 Å². The molecule has 3 heteroatoms. The molecule has 1 fully saturated rings. The Labute approximate surface area is 90.1 Å². The molecule has 0 aliphatic heterocycles. The second-order valence-corrected chi connectivity index (χ2v) is 4.13. The molecule has 0 saturated heterocycles. The van der Waals surface area contributed by atoms with E-state index < -0.39 is 0 Å². The molecule has 0 bridgehead atoms. The molecule has 1 saturated carbocycles. The maximum absolute atomic E-state index is 12.9. The standard InChI is InChI=1S/C12H17FN2/c1-15(8-7-14-11-5-6-11)12-4-2-3-10(13)9-12/h2-4,9,11,14H,5-8H2,1H3. The summed E-state index contributed by atoms with van der Waals surface area (Å²) in [5.41, 5.74) is 0.938. The van der Waals surface area contributed by atoms with Crippen LogP contribution in [-0.4, -0.2) is 26.2 Å². The quantitative estimate of drug-likeness (QED) is 0.796. The van der Waals surface area contributed by atoms with Crippen molar-refractivity contribution in [3.05, 3.63) is 30.1 Å². The zero-order valence-electron chi connectivity index (χ0n) is 9.04. The number of anilines is 1. The van der Waals surface area contributed by atoms with E-state index in [0.29, 0.717) is 0 Å². The van der Waals surface area contributed by atoms with Crippen molar-refractivity contribution < 1.29 is 4.39 Å². The molecule has 82 valence electrons. The van der Waals surface area contributed by atoms with Gasteiger partial charge in [-0.3, -0.25) is 0 Å². The Morgan fingerprint density at radius 3 is 2.93 bits per heavy atom. The van der Waals surface area contributed by atoms with Crippen molar-refractivity contribution in [2.24, 2.45) is 0 Å². The Hall–Kier alpha value is -1.09. The summed E-state index contributed by atoms with van der Waals surface area (Å²) in [6.45, 7) is 1.89. The first kappa shape index (κ1) is 10.4. The number of likely N-dealkylation sites (N-methyl/N-ethyl adjacent to an activating group) is 1. The van der Waals surface area contributed by atoms with Crippen LogP contribution in [0.5, 0.6) is 0 Å². The fourth-order valence-corrected chi connectivity index (χ4v) is 1.57. The second-order valence-electron chi connectivity index (χ2n) is 4.13. The van der Waals surface area contributed by atoms with Gasteiger partial charge >= 0.3 is 0 Å². The van der Waals surface area contributed by atoms with E-state index in [1.54, 1.807) is 12.1 Å². The number of benzene rings is 1. The van der Waals surface area contributed by atoms with Crippen molar-refractivity contribution in [1.82, 2.24) is 5.32 Å². The number of hydrogen-bond acceptors (Lipinski definition) is 2. The molecule has 0 radical (unpaired) electrons. The summed E-state index contributed by atoms with van der Waals surface area (Å²) in [6.07, 6.45) is 2.62. The van der Waals surface area contributed by atoms with Crippen LogP contribution in [0.15, 0.2) is 24.3 Å². The first-order chi connectivity index (χ1) is 7.25. The molecule has 1 aliphatic rings. The van der Waals surface area contributed by atoms with Crippen LogP contribution in [0.3, 0.4) is 0 Å². The third kappa shape index (κ3) is 3.20. The van der Waals surface area contributed by atoms with Gasteiger partial charge in [0.25, 0.3) is 0 Å². The maximum Gasteiger partial charge on any atom is 0.125 e. The largest absolute Gasteiger partial charge is 0.373 e. The van der Waals surface area contributed by atoms with E-state index in [9.17, 15) is 4.39 Å². The van der Waals surface area contributed by atoms with Gasteiger partial charge in [0.15, 0.2) is 0 Å². The van der Waals surface area contributed by atoms with Gasteiger partial charge in [-0.1, -0.05) is 6.07 Å². The van der Waals surface area contributed by atoms with Gasteiger partial charge in [0.05, 0.1) is 0 Å². The molecule has 0 heterocycles. The lowest BCUT2D eigenvalue weighted by atomic mass is 10.3. The van der Waals surface area contributed by atoms with Crippen molar-refractivity contribution in [3.63, 3.8) is 0 Å². The highest BCUT2D eigenvalue weighted by molar-refractivity contribution is 5.45. The Morgan fingerprint density at radius 1 is 1.47 bits per heavy atom. The molecule has 0 amide bonds. The molecule has 15 heavy (non-hydrogen) atoms. The fourth-order valence-electron chi connectivity index (χ4n) is 1.57. The van der Waals surface area contributed by atoms with Gasteiger partial charge in [-0.2, -0.15) is 0 Å². The van der Waals surface area contributed by atoms with Crippen LogP contribution in [-0.2, 0) is 0 Å². The normalized spacial score (nSPS) is 15.3. The van der Waals surface area contributed by atoms with E-state index in [4.69, 9.17) is 0 Å². The fraction of sp³-hybridized carbons (Fsp3) is 0.500. The molecule has 2 rings (SSSR count). The summed E-state index contributed by atoms with van der Waals surface area (Å²) in [5, 5.41) is 3.44. The predicted octanol–water partition coefficient (Wildman–Crippen LogP) is 2.01. The number of nitrogens with zero attached hydrogens (tertiary/aromatic N) is 1. The second kappa shape index (κ2) is 4.62. The minimum absolute atomic E-state index is 0.172. The third-order valence-corrected chi connectivity index (χ3v) is 2.71. The lowest BCUT2D eigenvalue weighted by Gasteiger charge is -2.19. The van der Waals surface area contributed by atoms with E-state index in [2.05, 4.69) is 10.2 Å². The van der Waals surface area contributed by atoms with E-state index in [0.717, 1.165) is 24.8 Å². The summed E-state index contributed by atoms with van der Waals surface area (Å²) < 4.78 is 12.9. The zero-order chi connectivity index (χ0) is 10.7. The molecule has 0 atom stereocenters. The molecule has 0 unspecified atom stereocenters. The number of nitrogens with one attached hydrogen (secondary N) is 1. The maximum atomic E-state index is 12.9. The molecular weight excluding hydrogens is 191 g/mol. The summed E-state index contributed by atoms with van der Waals surface area (Å²) in [6, 6.07) is 7.46. The highest BCUT2D eigenvalue weighted by Crippen LogP contribution is 2.18. The van der Waals surface area contributed by atoms with E-state index in [1.165, 1.54) is 18.9 Å². The van der Waals surface area contributed by atoms with Crippen molar-refractivity contribution in [2.75, 3.05) is 25.0 Å². The molecule has 1 aliphatic carbocycles. The summed E-state index contributed by atoms with van der Waals surface area (Å²) in [5.74, 6) is -0.172. The van der Waals surface area contributed by atoms with Gasteiger partial charge in [-0.05, 0) is 31.0 Å². The van der Waals surface area contributed by atoms with Crippen molar-refractivity contribution in [1.29, 1.82) is 0 Å². The van der Waals surface area contributed by atoms with Gasteiger partial charge in [0, 0.05) is 31.9 Å². The SMILES string of the molecule is CN(CCNC1CC1)c1cccc(F)c1. The molecule has 1 aromatic carbocycles. The summed E-state index contributed by atoms with van der Waals surface area (Å²) in [7, 11) is 1.99. The minimum Gasteiger partial charge on any atom is -0.373 e. The zero-order valence-corrected chi connectivity index (χ0v) is 9.04. The molecular formula is C12H17FN2. The average Bonchev–Trinajstić information content (AvgIpc) is 3.01. The lowest BCUT2D eigenvalue weighted by molar-refractivity contribution is 0.626. The Kier molecular flexibility index (Phi) is 3.21. The number of halogens is 1. The minimum atomic E-state index is -0.172. The van der Waals surface area contributed by atoms with Crippen LogP contribution in [0.2, 0.25) is 0 Å². The average molecular weight is 208 g/mol. The Morgan fingerprint density at radius 2 is 2.27 bits per heavy atom. The van der Waals surface area contributed by atoms with Crippen LogP contribution in [0.4, 0.5) is 10.1 Å². The highest BCUT2D eigenvalue weighted by Gasteiger charge is 2.19. The first-order valence-electron chi connectivity index (χ1n) is 5.46. The van der Waals surface area contributed by atoms with Crippen LogP contribution in [0.25, 0.3) is 0 Å². The molecule has 1 N–H and O–H groups in total. The summed E-state index contributed by atoms with van der Waals surface area (Å²) >= 11 is 0.